The molecular formula is C24H21N3O3. The van der Waals surface area contributed by atoms with Crippen molar-refractivity contribution in [3.8, 4) is 17.0 Å². The summed E-state index contributed by atoms with van der Waals surface area (Å²) in [5.41, 5.74) is 3.28. The molecule has 2 aromatic carbocycles. The number of anilines is 1. The highest BCUT2D eigenvalue weighted by molar-refractivity contribution is 6.13. The van der Waals surface area contributed by atoms with Gasteiger partial charge in [-0.15, -0.1) is 0 Å². The first-order chi connectivity index (χ1) is 14.6. The molecule has 4 aromatic rings. The molecule has 0 aliphatic heterocycles. The minimum absolute atomic E-state index is 0.105. The Kier molecular flexibility index (Phi) is 5.30. The minimum atomic E-state index is -0.260. The van der Waals surface area contributed by atoms with Crippen molar-refractivity contribution >= 4 is 22.5 Å². The van der Waals surface area contributed by atoms with Crippen LogP contribution in [0.4, 0.5) is 5.69 Å². The summed E-state index contributed by atoms with van der Waals surface area (Å²) in [6.45, 7) is 2.41. The van der Waals surface area contributed by atoms with E-state index in [1.54, 1.807) is 30.0 Å². The number of carbonyl (C=O) groups is 1. The van der Waals surface area contributed by atoms with Gasteiger partial charge in [0.2, 0.25) is 0 Å². The van der Waals surface area contributed by atoms with Crippen molar-refractivity contribution < 1.29 is 9.53 Å². The average molecular weight is 399 g/mol. The monoisotopic (exact) mass is 399 g/mol. The van der Waals surface area contributed by atoms with Crippen LogP contribution in [0, 0.1) is 0 Å². The lowest BCUT2D eigenvalue weighted by Crippen LogP contribution is -2.20. The summed E-state index contributed by atoms with van der Waals surface area (Å²) in [6, 6.07) is 19.9. The van der Waals surface area contributed by atoms with Crippen LogP contribution >= 0.6 is 0 Å². The molecular weight excluding hydrogens is 378 g/mol. The largest absolute Gasteiger partial charge is 0.497 e. The molecule has 30 heavy (non-hydrogen) atoms. The Hall–Kier alpha value is -3.93. The van der Waals surface area contributed by atoms with E-state index in [0.717, 1.165) is 22.2 Å². The predicted octanol–water partition coefficient (Wildman–Crippen LogP) is 4.34. The highest BCUT2D eigenvalue weighted by Crippen LogP contribution is 2.27. The number of pyridine rings is 2. The third kappa shape index (κ3) is 3.80. The van der Waals surface area contributed by atoms with Crippen molar-refractivity contribution in [1.29, 1.82) is 0 Å². The molecule has 0 aliphatic carbocycles. The molecule has 1 N–H and O–H groups in total. The Bertz CT molecular complexity index is 1280. The molecule has 4 rings (SSSR count). The number of hydrogen-bond donors (Lipinski definition) is 1. The van der Waals surface area contributed by atoms with E-state index in [4.69, 9.17) is 9.72 Å². The van der Waals surface area contributed by atoms with Crippen LogP contribution in [-0.4, -0.2) is 22.6 Å². The van der Waals surface area contributed by atoms with Crippen LogP contribution < -0.4 is 15.6 Å². The standard InChI is InChI=1S/C24H21N3O3/c1-3-27-15-17(10-13-23(27)28)25-24(29)20-14-22(16-8-11-18(30-2)12-9-16)26-21-7-5-4-6-19(20)21/h4-15H,3H2,1-2H3,(H,25,29). The zero-order valence-corrected chi connectivity index (χ0v) is 16.8. The van der Waals surface area contributed by atoms with Crippen LogP contribution in [0.25, 0.3) is 22.2 Å². The number of fused-ring (bicyclic) bond motifs is 1. The molecule has 0 unspecified atom stereocenters. The number of nitrogens with zero attached hydrogens (tertiary/aromatic N) is 2. The molecule has 0 radical (unpaired) electrons. The van der Waals surface area contributed by atoms with Gasteiger partial charge < -0.3 is 14.6 Å². The fourth-order valence-electron chi connectivity index (χ4n) is 3.32. The number of para-hydroxylation sites is 1. The van der Waals surface area contributed by atoms with E-state index in [1.807, 2.05) is 55.5 Å². The molecule has 0 saturated heterocycles. The highest BCUT2D eigenvalue weighted by Gasteiger charge is 2.15. The van der Waals surface area contributed by atoms with Crippen molar-refractivity contribution in [3.63, 3.8) is 0 Å². The Balaban J connectivity index is 1.76. The zero-order chi connectivity index (χ0) is 21.1. The van der Waals surface area contributed by atoms with Gasteiger partial charge in [-0.05, 0) is 49.4 Å². The van der Waals surface area contributed by atoms with E-state index < -0.39 is 0 Å². The predicted molar refractivity (Wildman–Crippen MR) is 118 cm³/mol. The number of rotatable bonds is 5. The van der Waals surface area contributed by atoms with Gasteiger partial charge in [-0.25, -0.2) is 4.98 Å². The maximum absolute atomic E-state index is 13.2. The summed E-state index contributed by atoms with van der Waals surface area (Å²) >= 11 is 0. The second-order valence-electron chi connectivity index (χ2n) is 6.80. The molecule has 0 saturated carbocycles. The Morgan fingerprint density at radius 2 is 1.83 bits per heavy atom. The maximum atomic E-state index is 13.2. The van der Waals surface area contributed by atoms with Crippen molar-refractivity contribution in [1.82, 2.24) is 9.55 Å². The average Bonchev–Trinajstić information content (AvgIpc) is 2.79. The van der Waals surface area contributed by atoms with E-state index >= 15 is 0 Å². The molecule has 0 bridgehead atoms. The molecule has 0 fully saturated rings. The number of carbonyl (C=O) groups excluding carboxylic acids is 1. The van der Waals surface area contributed by atoms with Crippen molar-refractivity contribution in [2.24, 2.45) is 0 Å². The Morgan fingerprint density at radius 3 is 2.57 bits per heavy atom. The fourth-order valence-corrected chi connectivity index (χ4v) is 3.32. The summed E-state index contributed by atoms with van der Waals surface area (Å²) in [5.74, 6) is 0.494. The number of methoxy groups -OCH3 is 1. The minimum Gasteiger partial charge on any atom is -0.497 e. The third-order valence-electron chi connectivity index (χ3n) is 4.93. The number of aryl methyl sites for hydroxylation is 1. The zero-order valence-electron chi connectivity index (χ0n) is 16.8. The first-order valence-electron chi connectivity index (χ1n) is 9.65. The van der Waals surface area contributed by atoms with Gasteiger partial charge >= 0.3 is 0 Å². The van der Waals surface area contributed by atoms with Gasteiger partial charge in [0.15, 0.2) is 0 Å². The first kappa shape index (κ1) is 19.4. The van der Waals surface area contributed by atoms with Crippen molar-refractivity contribution in [2.45, 2.75) is 13.5 Å². The lowest BCUT2D eigenvalue weighted by atomic mass is 10.0. The summed E-state index contributed by atoms with van der Waals surface area (Å²) in [6.07, 6.45) is 1.65. The number of hydrogen-bond acceptors (Lipinski definition) is 4. The van der Waals surface area contributed by atoms with Crippen LogP contribution in [0.5, 0.6) is 5.75 Å². The quantitative estimate of drug-likeness (QED) is 0.542. The van der Waals surface area contributed by atoms with E-state index in [-0.39, 0.29) is 11.5 Å². The van der Waals surface area contributed by atoms with Crippen molar-refractivity contribution in [2.75, 3.05) is 12.4 Å². The summed E-state index contributed by atoms with van der Waals surface area (Å²) in [4.78, 5) is 29.7. The number of nitrogens with one attached hydrogen (secondary N) is 1. The van der Waals surface area contributed by atoms with Gasteiger partial charge in [-0.1, -0.05) is 18.2 Å². The molecule has 6 heteroatoms. The summed E-state index contributed by atoms with van der Waals surface area (Å²) in [5, 5.41) is 3.66. The molecule has 0 spiro atoms. The third-order valence-corrected chi connectivity index (χ3v) is 4.93. The van der Waals surface area contributed by atoms with E-state index in [2.05, 4.69) is 5.32 Å². The molecule has 150 valence electrons. The van der Waals surface area contributed by atoms with Gasteiger partial charge in [-0.3, -0.25) is 9.59 Å². The Labute approximate surface area is 173 Å². The SMILES string of the molecule is CCn1cc(NC(=O)c2cc(-c3ccc(OC)cc3)nc3ccccc23)ccc1=O. The van der Waals surface area contributed by atoms with Gasteiger partial charge in [0.25, 0.3) is 11.5 Å². The number of amides is 1. The maximum Gasteiger partial charge on any atom is 0.256 e. The number of benzene rings is 2. The van der Waals surface area contributed by atoms with Gasteiger partial charge in [-0.2, -0.15) is 0 Å². The van der Waals surface area contributed by atoms with Crippen LogP contribution in [-0.2, 0) is 6.54 Å². The molecule has 0 atom stereocenters. The lowest BCUT2D eigenvalue weighted by molar-refractivity contribution is 0.102. The van der Waals surface area contributed by atoms with Crippen LogP contribution in [0.2, 0.25) is 0 Å². The first-order valence-corrected chi connectivity index (χ1v) is 9.65. The summed E-state index contributed by atoms with van der Waals surface area (Å²) in [7, 11) is 1.62. The number of ether oxygens (including phenoxy) is 1. The van der Waals surface area contributed by atoms with Gasteiger partial charge in [0.05, 0.1) is 29.6 Å². The van der Waals surface area contributed by atoms with Gasteiger partial charge in [0.1, 0.15) is 5.75 Å². The number of aromatic nitrogens is 2. The highest BCUT2D eigenvalue weighted by atomic mass is 16.5. The molecule has 2 aromatic heterocycles. The Morgan fingerprint density at radius 1 is 1.07 bits per heavy atom. The molecule has 2 heterocycles. The van der Waals surface area contributed by atoms with Crippen molar-refractivity contribution in [3.05, 3.63) is 88.8 Å². The van der Waals surface area contributed by atoms with Crippen LogP contribution in [0.15, 0.2) is 77.7 Å². The van der Waals surface area contributed by atoms with E-state index in [1.165, 1.54) is 6.07 Å². The second-order valence-corrected chi connectivity index (χ2v) is 6.80. The van der Waals surface area contributed by atoms with E-state index in [0.29, 0.717) is 23.5 Å². The summed E-state index contributed by atoms with van der Waals surface area (Å²) < 4.78 is 6.77. The molecule has 6 nitrogen and oxygen atoms in total. The van der Waals surface area contributed by atoms with Crippen LogP contribution in [0.3, 0.4) is 0 Å². The molecule has 0 aliphatic rings. The van der Waals surface area contributed by atoms with E-state index in [9.17, 15) is 9.59 Å². The van der Waals surface area contributed by atoms with Crippen LogP contribution in [0.1, 0.15) is 17.3 Å². The topological polar surface area (TPSA) is 73.2 Å². The smallest absolute Gasteiger partial charge is 0.256 e. The molecule has 1 amide bonds. The second kappa shape index (κ2) is 8.21. The fraction of sp³-hybridized carbons (Fsp3) is 0.125. The van der Waals surface area contributed by atoms with Gasteiger partial charge in [0, 0.05) is 29.8 Å². The normalized spacial score (nSPS) is 10.7. The lowest BCUT2D eigenvalue weighted by Gasteiger charge is -2.12.